The Bertz CT molecular complexity index is 531. The molecule has 0 saturated heterocycles. The summed E-state index contributed by atoms with van der Waals surface area (Å²) in [6, 6.07) is 6.57. The second kappa shape index (κ2) is 6.48. The predicted molar refractivity (Wildman–Crippen MR) is 77.9 cm³/mol. The van der Waals surface area contributed by atoms with Crippen molar-refractivity contribution in [3.8, 4) is 11.3 Å². The lowest BCUT2D eigenvalue weighted by Gasteiger charge is -2.12. The van der Waals surface area contributed by atoms with E-state index < -0.39 is 0 Å². The van der Waals surface area contributed by atoms with Gasteiger partial charge in [-0.1, -0.05) is 36.8 Å². The standard InChI is InChI=1S/C15H22N4/c1-4-8-19-15(11-17-18-19)14-9-12(3)6-7-13(14)10-16-5-2/h6-7,9,11,16H,4-5,8,10H2,1-3H3. The highest BCUT2D eigenvalue weighted by Gasteiger charge is 2.11. The van der Waals surface area contributed by atoms with Crippen LogP contribution in [0.3, 0.4) is 0 Å². The first-order valence-electron chi connectivity index (χ1n) is 6.95. The Labute approximate surface area is 114 Å². The van der Waals surface area contributed by atoms with E-state index in [2.05, 4.69) is 54.6 Å². The van der Waals surface area contributed by atoms with E-state index in [0.717, 1.165) is 31.7 Å². The van der Waals surface area contributed by atoms with Gasteiger partial charge in [-0.15, -0.1) is 5.10 Å². The van der Waals surface area contributed by atoms with Gasteiger partial charge in [0.1, 0.15) is 0 Å². The summed E-state index contributed by atoms with van der Waals surface area (Å²) in [5.74, 6) is 0. The number of hydrogen-bond acceptors (Lipinski definition) is 3. The first-order chi connectivity index (χ1) is 9.26. The average Bonchev–Trinajstić information content (AvgIpc) is 2.86. The molecule has 4 nitrogen and oxygen atoms in total. The van der Waals surface area contributed by atoms with Crippen molar-refractivity contribution in [1.82, 2.24) is 20.3 Å². The third-order valence-electron chi connectivity index (χ3n) is 3.16. The maximum absolute atomic E-state index is 4.18. The number of rotatable bonds is 6. The summed E-state index contributed by atoms with van der Waals surface area (Å²) in [6.45, 7) is 9.15. The molecular formula is C15H22N4. The highest BCUT2D eigenvalue weighted by Crippen LogP contribution is 2.24. The molecule has 2 aromatic rings. The second-order valence-corrected chi connectivity index (χ2v) is 4.78. The van der Waals surface area contributed by atoms with Crippen molar-refractivity contribution in [1.29, 1.82) is 0 Å². The minimum Gasteiger partial charge on any atom is -0.313 e. The summed E-state index contributed by atoms with van der Waals surface area (Å²) in [6.07, 6.45) is 2.92. The summed E-state index contributed by atoms with van der Waals surface area (Å²) in [7, 11) is 0. The molecule has 0 spiro atoms. The molecule has 19 heavy (non-hydrogen) atoms. The van der Waals surface area contributed by atoms with E-state index in [0.29, 0.717) is 0 Å². The zero-order valence-corrected chi connectivity index (χ0v) is 12.0. The highest BCUT2D eigenvalue weighted by atomic mass is 15.4. The van der Waals surface area contributed by atoms with Crippen LogP contribution in [0.25, 0.3) is 11.3 Å². The van der Waals surface area contributed by atoms with E-state index >= 15 is 0 Å². The number of hydrogen-bond donors (Lipinski definition) is 1. The zero-order chi connectivity index (χ0) is 13.7. The topological polar surface area (TPSA) is 42.7 Å². The summed E-state index contributed by atoms with van der Waals surface area (Å²) in [4.78, 5) is 0. The molecule has 1 aromatic carbocycles. The molecule has 0 saturated carbocycles. The largest absolute Gasteiger partial charge is 0.313 e. The summed E-state index contributed by atoms with van der Waals surface area (Å²) < 4.78 is 1.99. The van der Waals surface area contributed by atoms with E-state index in [1.165, 1.54) is 16.7 Å². The lowest BCUT2D eigenvalue weighted by molar-refractivity contribution is 0.583. The van der Waals surface area contributed by atoms with Crippen LogP contribution in [0.1, 0.15) is 31.4 Å². The third kappa shape index (κ3) is 3.20. The monoisotopic (exact) mass is 258 g/mol. The summed E-state index contributed by atoms with van der Waals surface area (Å²) in [5, 5.41) is 11.6. The fourth-order valence-electron chi connectivity index (χ4n) is 2.19. The van der Waals surface area contributed by atoms with Crippen molar-refractivity contribution in [3.63, 3.8) is 0 Å². The molecule has 0 atom stereocenters. The number of aromatic nitrogens is 3. The van der Waals surface area contributed by atoms with Gasteiger partial charge in [-0.2, -0.15) is 0 Å². The minimum atomic E-state index is 0.878. The van der Waals surface area contributed by atoms with Crippen molar-refractivity contribution < 1.29 is 0 Å². The van der Waals surface area contributed by atoms with Crippen molar-refractivity contribution in [2.45, 2.75) is 40.3 Å². The van der Waals surface area contributed by atoms with Gasteiger partial charge in [0.05, 0.1) is 11.9 Å². The van der Waals surface area contributed by atoms with Gasteiger partial charge in [0.2, 0.25) is 0 Å². The molecule has 0 fully saturated rings. The molecule has 0 amide bonds. The third-order valence-corrected chi connectivity index (χ3v) is 3.16. The first-order valence-corrected chi connectivity index (χ1v) is 6.95. The maximum Gasteiger partial charge on any atom is 0.0888 e. The van der Waals surface area contributed by atoms with Gasteiger partial charge in [0, 0.05) is 18.7 Å². The van der Waals surface area contributed by atoms with E-state index in [4.69, 9.17) is 0 Å². The van der Waals surface area contributed by atoms with E-state index in [-0.39, 0.29) is 0 Å². The number of nitrogens with one attached hydrogen (secondary N) is 1. The van der Waals surface area contributed by atoms with E-state index in [1.54, 1.807) is 0 Å². The van der Waals surface area contributed by atoms with Crippen LogP contribution in [-0.4, -0.2) is 21.5 Å². The summed E-state index contributed by atoms with van der Waals surface area (Å²) in [5.41, 5.74) is 4.91. The Hall–Kier alpha value is -1.68. The zero-order valence-electron chi connectivity index (χ0n) is 12.0. The predicted octanol–water partition coefficient (Wildman–Crippen LogP) is 2.77. The van der Waals surface area contributed by atoms with Crippen LogP contribution in [0.15, 0.2) is 24.4 Å². The normalized spacial score (nSPS) is 10.9. The van der Waals surface area contributed by atoms with Gasteiger partial charge in [0.15, 0.2) is 0 Å². The molecule has 4 heteroatoms. The van der Waals surface area contributed by atoms with Gasteiger partial charge in [-0.3, -0.25) is 0 Å². The molecule has 0 bridgehead atoms. The van der Waals surface area contributed by atoms with Gasteiger partial charge < -0.3 is 5.32 Å². The van der Waals surface area contributed by atoms with Crippen LogP contribution in [-0.2, 0) is 13.1 Å². The lowest BCUT2D eigenvalue weighted by Crippen LogP contribution is -2.13. The van der Waals surface area contributed by atoms with Crippen LogP contribution in [0.2, 0.25) is 0 Å². The molecule has 1 heterocycles. The van der Waals surface area contributed by atoms with Gasteiger partial charge in [0.25, 0.3) is 0 Å². The Morgan fingerprint density at radius 1 is 1.26 bits per heavy atom. The van der Waals surface area contributed by atoms with Crippen LogP contribution in [0.4, 0.5) is 0 Å². The molecule has 2 rings (SSSR count). The van der Waals surface area contributed by atoms with E-state index in [1.807, 2.05) is 10.9 Å². The minimum absolute atomic E-state index is 0.878. The van der Waals surface area contributed by atoms with Crippen LogP contribution in [0.5, 0.6) is 0 Å². The maximum atomic E-state index is 4.18. The Kier molecular flexibility index (Phi) is 4.68. The number of benzene rings is 1. The molecule has 102 valence electrons. The molecule has 0 aliphatic carbocycles. The molecule has 0 radical (unpaired) electrons. The molecule has 0 aliphatic rings. The van der Waals surface area contributed by atoms with Gasteiger partial charge in [-0.05, 0) is 31.5 Å². The lowest BCUT2D eigenvalue weighted by atomic mass is 10.0. The van der Waals surface area contributed by atoms with Gasteiger partial charge >= 0.3 is 0 Å². The number of aryl methyl sites for hydroxylation is 2. The average molecular weight is 258 g/mol. The van der Waals surface area contributed by atoms with E-state index in [9.17, 15) is 0 Å². The quantitative estimate of drug-likeness (QED) is 0.866. The van der Waals surface area contributed by atoms with Crippen molar-refractivity contribution in [3.05, 3.63) is 35.5 Å². The first kappa shape index (κ1) is 13.7. The Morgan fingerprint density at radius 2 is 2.11 bits per heavy atom. The van der Waals surface area contributed by atoms with Gasteiger partial charge in [-0.25, -0.2) is 4.68 Å². The molecule has 1 N–H and O–H groups in total. The van der Waals surface area contributed by atoms with Crippen molar-refractivity contribution in [2.75, 3.05) is 6.54 Å². The summed E-state index contributed by atoms with van der Waals surface area (Å²) >= 11 is 0. The van der Waals surface area contributed by atoms with Crippen LogP contribution < -0.4 is 5.32 Å². The van der Waals surface area contributed by atoms with Crippen LogP contribution in [0, 0.1) is 6.92 Å². The molecular weight excluding hydrogens is 236 g/mol. The fraction of sp³-hybridized carbons (Fsp3) is 0.467. The Morgan fingerprint density at radius 3 is 2.84 bits per heavy atom. The number of nitrogens with zero attached hydrogens (tertiary/aromatic N) is 3. The second-order valence-electron chi connectivity index (χ2n) is 4.78. The fourth-order valence-corrected chi connectivity index (χ4v) is 2.19. The van der Waals surface area contributed by atoms with Crippen LogP contribution >= 0.6 is 0 Å². The SMILES string of the molecule is CCCn1nncc1-c1cc(C)ccc1CNCC. The smallest absolute Gasteiger partial charge is 0.0888 e. The molecule has 1 aromatic heterocycles. The highest BCUT2D eigenvalue weighted by molar-refractivity contribution is 5.64. The van der Waals surface area contributed by atoms with Crippen molar-refractivity contribution in [2.24, 2.45) is 0 Å². The molecule has 0 unspecified atom stereocenters. The Balaban J connectivity index is 2.40. The van der Waals surface area contributed by atoms with Crippen molar-refractivity contribution >= 4 is 0 Å². The molecule has 0 aliphatic heterocycles.